The fraction of sp³-hybridized carbons (Fsp3) is 0.538. The topological polar surface area (TPSA) is 114 Å². The first-order chi connectivity index (χ1) is 11.4. The summed E-state index contributed by atoms with van der Waals surface area (Å²) >= 11 is 1.34. The number of nitrogens with zero attached hydrogens (tertiary/aromatic N) is 4. The second kappa shape index (κ2) is 6.57. The Morgan fingerprint density at radius 2 is 2.33 bits per heavy atom. The largest absolute Gasteiger partial charge is 0.463 e. The van der Waals surface area contributed by atoms with Crippen molar-refractivity contribution in [2.24, 2.45) is 4.99 Å². The first kappa shape index (κ1) is 17.0. The number of carbonyl (C=O) groups excluding carboxylic acids is 1. The van der Waals surface area contributed by atoms with E-state index in [0.717, 1.165) is 12.0 Å². The van der Waals surface area contributed by atoms with Crippen LogP contribution in [0.2, 0.25) is 0 Å². The molecule has 0 bridgehead atoms. The highest BCUT2D eigenvalue weighted by Gasteiger charge is 2.38. The number of hydrogen-bond acceptors (Lipinski definition) is 9. The van der Waals surface area contributed by atoms with Gasteiger partial charge in [-0.1, -0.05) is 11.3 Å². The van der Waals surface area contributed by atoms with Gasteiger partial charge in [-0.25, -0.2) is 17.9 Å². The number of sulfonamides is 1. The van der Waals surface area contributed by atoms with Crippen LogP contribution in [0.25, 0.3) is 0 Å². The van der Waals surface area contributed by atoms with Crippen LogP contribution in [0.3, 0.4) is 0 Å². The maximum atomic E-state index is 12.2. The van der Waals surface area contributed by atoms with E-state index in [2.05, 4.69) is 19.9 Å². The number of hydrogen-bond donors (Lipinski definition) is 1. The molecule has 9 nitrogen and oxygen atoms in total. The number of rotatable bonds is 5. The second-order valence-corrected chi connectivity index (χ2v) is 8.04. The molecule has 2 aliphatic heterocycles. The normalized spacial score (nSPS) is 20.8. The third kappa shape index (κ3) is 3.47. The van der Waals surface area contributed by atoms with E-state index in [9.17, 15) is 13.2 Å². The Morgan fingerprint density at radius 3 is 2.96 bits per heavy atom. The first-order valence-corrected chi connectivity index (χ1v) is 10.1. The van der Waals surface area contributed by atoms with Crippen LogP contribution in [-0.4, -0.2) is 67.3 Å². The van der Waals surface area contributed by atoms with Crippen molar-refractivity contribution in [1.82, 2.24) is 19.8 Å². The van der Waals surface area contributed by atoms with Crippen LogP contribution in [0.5, 0.6) is 0 Å². The Morgan fingerprint density at radius 1 is 1.54 bits per heavy atom. The zero-order valence-electron chi connectivity index (χ0n) is 13.2. The average molecular weight is 371 g/mol. The highest BCUT2D eigenvalue weighted by Crippen LogP contribution is 2.31. The van der Waals surface area contributed by atoms with E-state index >= 15 is 0 Å². The summed E-state index contributed by atoms with van der Waals surface area (Å²) in [6, 6.07) is -0.337. The van der Waals surface area contributed by atoms with Crippen LogP contribution in [0.1, 0.15) is 18.4 Å². The Hall–Kier alpha value is -1.85. The number of carbonyl (C=O) groups is 1. The van der Waals surface area contributed by atoms with Crippen LogP contribution in [0, 0.1) is 0 Å². The third-order valence-corrected chi connectivity index (χ3v) is 5.06. The fourth-order valence-corrected chi connectivity index (χ4v) is 4.14. The molecule has 0 saturated carbocycles. The van der Waals surface area contributed by atoms with Crippen LogP contribution in [0.15, 0.2) is 21.8 Å². The zero-order chi connectivity index (χ0) is 17.3. The molecular weight excluding hydrogens is 354 g/mol. The van der Waals surface area contributed by atoms with Gasteiger partial charge in [-0.2, -0.15) is 0 Å². The molecule has 24 heavy (non-hydrogen) atoms. The first-order valence-electron chi connectivity index (χ1n) is 7.34. The summed E-state index contributed by atoms with van der Waals surface area (Å²) in [6.45, 7) is 2.57. The molecule has 1 saturated heterocycles. The number of fused-ring (bicyclic) bond motifs is 1. The molecule has 0 aliphatic carbocycles. The van der Waals surface area contributed by atoms with Crippen molar-refractivity contribution in [3.05, 3.63) is 21.8 Å². The van der Waals surface area contributed by atoms with E-state index in [1.54, 1.807) is 12.4 Å². The number of aliphatic imine (C=N–C) groups is 1. The number of esters is 1. The van der Waals surface area contributed by atoms with Gasteiger partial charge in [-0.3, -0.25) is 4.99 Å². The lowest BCUT2D eigenvalue weighted by molar-refractivity contribution is -0.138. The summed E-state index contributed by atoms with van der Waals surface area (Å²) < 4.78 is 30.7. The van der Waals surface area contributed by atoms with Gasteiger partial charge < -0.3 is 9.64 Å². The molecule has 11 heteroatoms. The van der Waals surface area contributed by atoms with Crippen molar-refractivity contribution >= 4 is 33.2 Å². The van der Waals surface area contributed by atoms with E-state index in [1.807, 2.05) is 4.90 Å². The molecule has 1 atom stereocenters. The van der Waals surface area contributed by atoms with Gasteiger partial charge in [-0.05, 0) is 6.92 Å². The summed E-state index contributed by atoms with van der Waals surface area (Å²) in [4.78, 5) is 18.5. The van der Waals surface area contributed by atoms with E-state index in [4.69, 9.17) is 4.74 Å². The number of aromatic nitrogens is 2. The summed E-state index contributed by atoms with van der Waals surface area (Å²) in [6.07, 6.45) is 1.52. The zero-order valence-corrected chi connectivity index (χ0v) is 14.9. The standard InChI is InChI=1S/C13H17N5O4S2/c1-3-22-13(19)9-5-14-11(12-16-15-7-23-12)18-6-8(4-10(9)18)17-24(2,20)21/h7-8,17H,3-6H2,1-2H3. The van der Waals surface area contributed by atoms with Crippen molar-refractivity contribution in [1.29, 1.82) is 0 Å². The highest BCUT2D eigenvalue weighted by atomic mass is 32.2. The second-order valence-electron chi connectivity index (χ2n) is 5.43. The molecule has 1 aromatic rings. The van der Waals surface area contributed by atoms with Gasteiger partial charge >= 0.3 is 5.97 Å². The number of amidine groups is 1. The van der Waals surface area contributed by atoms with E-state index in [0.29, 0.717) is 29.4 Å². The lowest BCUT2D eigenvalue weighted by Gasteiger charge is -2.26. The molecule has 0 radical (unpaired) electrons. The fourth-order valence-electron chi connectivity index (χ4n) is 2.81. The number of ether oxygens (including phenoxy) is 1. The van der Waals surface area contributed by atoms with E-state index < -0.39 is 16.0 Å². The van der Waals surface area contributed by atoms with Crippen molar-refractivity contribution in [3.8, 4) is 0 Å². The van der Waals surface area contributed by atoms with Gasteiger partial charge in [0.1, 0.15) is 5.51 Å². The average Bonchev–Trinajstić information content (AvgIpc) is 3.13. The predicted molar refractivity (Wildman–Crippen MR) is 88.1 cm³/mol. The highest BCUT2D eigenvalue weighted by molar-refractivity contribution is 7.88. The molecule has 0 amide bonds. The lowest BCUT2D eigenvalue weighted by atomic mass is 10.1. The van der Waals surface area contributed by atoms with E-state index in [-0.39, 0.29) is 19.2 Å². The maximum Gasteiger partial charge on any atom is 0.337 e. The molecule has 1 fully saturated rings. The van der Waals surface area contributed by atoms with Gasteiger partial charge in [0.15, 0.2) is 10.8 Å². The van der Waals surface area contributed by atoms with Gasteiger partial charge in [0.05, 0.1) is 25.0 Å². The van der Waals surface area contributed by atoms with Crippen LogP contribution < -0.4 is 4.72 Å². The minimum absolute atomic E-state index is 0.186. The molecular formula is C13H17N5O4S2. The molecule has 2 aliphatic rings. The van der Waals surface area contributed by atoms with Crippen LogP contribution >= 0.6 is 11.3 Å². The minimum Gasteiger partial charge on any atom is -0.463 e. The van der Waals surface area contributed by atoms with Gasteiger partial charge in [0.2, 0.25) is 10.0 Å². The van der Waals surface area contributed by atoms with Crippen molar-refractivity contribution in [3.63, 3.8) is 0 Å². The summed E-state index contributed by atoms with van der Waals surface area (Å²) in [5.41, 5.74) is 2.79. The van der Waals surface area contributed by atoms with Crippen molar-refractivity contribution < 1.29 is 17.9 Å². The van der Waals surface area contributed by atoms with Gasteiger partial charge in [0, 0.05) is 24.7 Å². The molecule has 3 rings (SSSR count). The summed E-state index contributed by atoms with van der Waals surface area (Å²) in [7, 11) is -3.35. The Balaban J connectivity index is 1.94. The van der Waals surface area contributed by atoms with Crippen molar-refractivity contribution in [2.45, 2.75) is 19.4 Å². The molecule has 1 aromatic heterocycles. The van der Waals surface area contributed by atoms with Gasteiger partial charge in [0.25, 0.3) is 0 Å². The SMILES string of the molecule is CCOC(=O)C1=C2CC(NS(C)(=O)=O)CN2C(c2nncs2)=NC1. The molecule has 1 N–H and O–H groups in total. The molecule has 130 valence electrons. The molecule has 0 spiro atoms. The monoisotopic (exact) mass is 371 g/mol. The Kier molecular flexibility index (Phi) is 4.65. The van der Waals surface area contributed by atoms with Crippen LogP contribution in [0.4, 0.5) is 0 Å². The summed E-state index contributed by atoms with van der Waals surface area (Å²) in [5, 5.41) is 8.47. The Bertz CT molecular complexity index is 800. The minimum atomic E-state index is -3.35. The molecule has 3 heterocycles. The predicted octanol–water partition coefficient (Wildman–Crippen LogP) is -0.261. The smallest absolute Gasteiger partial charge is 0.337 e. The Labute approximate surface area is 143 Å². The maximum absolute atomic E-state index is 12.2. The summed E-state index contributed by atoms with van der Waals surface area (Å²) in [5.74, 6) is 0.191. The molecule has 1 unspecified atom stereocenters. The van der Waals surface area contributed by atoms with Crippen LogP contribution in [-0.2, 0) is 19.6 Å². The number of nitrogens with one attached hydrogen (secondary N) is 1. The van der Waals surface area contributed by atoms with Gasteiger partial charge in [-0.15, -0.1) is 10.2 Å². The van der Waals surface area contributed by atoms with E-state index in [1.165, 1.54) is 11.3 Å². The lowest BCUT2D eigenvalue weighted by Crippen LogP contribution is -2.39. The van der Waals surface area contributed by atoms with Crippen molar-refractivity contribution in [2.75, 3.05) is 26.0 Å². The quantitative estimate of drug-likeness (QED) is 0.709. The molecule has 0 aromatic carbocycles. The third-order valence-electron chi connectivity index (χ3n) is 3.61.